The van der Waals surface area contributed by atoms with Crippen molar-refractivity contribution in [3.8, 4) is 11.4 Å². The average Bonchev–Trinajstić information content (AvgIpc) is 2.19. The minimum absolute atomic E-state index is 0.539. The first-order valence-corrected chi connectivity index (χ1v) is 4.85. The number of benzene rings is 1. The van der Waals surface area contributed by atoms with E-state index in [-0.39, 0.29) is 0 Å². The third-order valence-corrected chi connectivity index (χ3v) is 2.15. The molecule has 0 atom stereocenters. The molecule has 2 rings (SSSR count). The maximum atomic E-state index is 3.95. The van der Waals surface area contributed by atoms with Crippen LogP contribution in [0, 0.1) is 6.92 Å². The van der Waals surface area contributed by atoms with Gasteiger partial charge in [-0.15, -0.1) is 20.4 Å². The zero-order chi connectivity index (χ0) is 9.97. The van der Waals surface area contributed by atoms with Crippen molar-refractivity contribution >= 4 is 15.9 Å². The zero-order valence-corrected chi connectivity index (χ0v) is 9.06. The Balaban J connectivity index is 2.44. The van der Waals surface area contributed by atoms with E-state index in [1.54, 1.807) is 6.92 Å². The zero-order valence-electron chi connectivity index (χ0n) is 7.48. The first kappa shape index (κ1) is 9.21. The number of halogens is 1. The number of hydrogen-bond acceptors (Lipinski definition) is 4. The molecule has 0 N–H and O–H groups in total. The molecule has 0 saturated heterocycles. The summed E-state index contributed by atoms with van der Waals surface area (Å²) < 4.78 is 0.985. The molecule has 2 aromatic rings. The molecule has 0 unspecified atom stereocenters. The monoisotopic (exact) mass is 250 g/mol. The highest BCUT2D eigenvalue weighted by atomic mass is 79.9. The largest absolute Gasteiger partial charge is 0.203 e. The summed E-state index contributed by atoms with van der Waals surface area (Å²) in [7, 11) is 0. The van der Waals surface area contributed by atoms with Crippen LogP contribution in [-0.2, 0) is 0 Å². The van der Waals surface area contributed by atoms with Gasteiger partial charge in [0.15, 0.2) is 5.82 Å². The van der Waals surface area contributed by atoms with E-state index in [0.29, 0.717) is 11.6 Å². The Bertz CT molecular complexity index is 441. The van der Waals surface area contributed by atoms with Gasteiger partial charge in [0.2, 0.25) is 5.82 Å². The second kappa shape index (κ2) is 3.79. The van der Waals surface area contributed by atoms with E-state index in [4.69, 9.17) is 0 Å². The fourth-order valence-electron chi connectivity index (χ4n) is 1.02. The van der Waals surface area contributed by atoms with Gasteiger partial charge < -0.3 is 0 Å². The highest BCUT2D eigenvalue weighted by molar-refractivity contribution is 9.10. The summed E-state index contributed by atoms with van der Waals surface area (Å²) in [6.45, 7) is 1.75. The van der Waals surface area contributed by atoms with Crippen LogP contribution in [-0.4, -0.2) is 20.4 Å². The van der Waals surface area contributed by atoms with E-state index >= 15 is 0 Å². The lowest BCUT2D eigenvalue weighted by Gasteiger charge is -1.98. The smallest absolute Gasteiger partial charge is 0.131 e. The van der Waals surface area contributed by atoms with E-state index in [9.17, 15) is 0 Å². The van der Waals surface area contributed by atoms with Crippen molar-refractivity contribution in [1.82, 2.24) is 20.4 Å². The molecule has 0 amide bonds. The van der Waals surface area contributed by atoms with Gasteiger partial charge in [0.25, 0.3) is 0 Å². The van der Waals surface area contributed by atoms with Crippen molar-refractivity contribution in [3.63, 3.8) is 0 Å². The van der Waals surface area contributed by atoms with Gasteiger partial charge in [-0.2, -0.15) is 0 Å². The van der Waals surface area contributed by atoms with Crippen LogP contribution in [0.3, 0.4) is 0 Å². The second-order valence-electron chi connectivity index (χ2n) is 2.78. The van der Waals surface area contributed by atoms with Gasteiger partial charge in [-0.05, 0) is 19.1 Å². The Labute approximate surface area is 89.5 Å². The Morgan fingerprint density at radius 3 is 2.43 bits per heavy atom. The summed E-state index contributed by atoms with van der Waals surface area (Å²) in [6, 6.07) is 7.70. The number of aromatic nitrogens is 4. The van der Waals surface area contributed by atoms with E-state index in [2.05, 4.69) is 36.3 Å². The summed E-state index contributed by atoms with van der Waals surface area (Å²) in [5.74, 6) is 1.11. The molecule has 1 heterocycles. The van der Waals surface area contributed by atoms with Gasteiger partial charge in [0, 0.05) is 10.0 Å². The molecule has 1 aromatic heterocycles. The van der Waals surface area contributed by atoms with Crippen LogP contribution in [0.25, 0.3) is 11.4 Å². The third-order valence-electron chi connectivity index (χ3n) is 1.66. The van der Waals surface area contributed by atoms with Gasteiger partial charge in [0.05, 0.1) is 0 Å². The number of nitrogens with zero attached hydrogens (tertiary/aromatic N) is 4. The van der Waals surface area contributed by atoms with Crippen LogP contribution in [0.5, 0.6) is 0 Å². The lowest BCUT2D eigenvalue weighted by atomic mass is 10.2. The number of aryl methyl sites for hydroxylation is 1. The normalized spacial score (nSPS) is 10.1. The highest BCUT2D eigenvalue weighted by Gasteiger charge is 2.02. The van der Waals surface area contributed by atoms with E-state index in [1.165, 1.54) is 0 Å². The fourth-order valence-corrected chi connectivity index (χ4v) is 1.42. The van der Waals surface area contributed by atoms with Crippen LogP contribution >= 0.6 is 15.9 Å². The molecular formula is C9H7BrN4. The molecule has 5 heteroatoms. The van der Waals surface area contributed by atoms with Crippen LogP contribution in [0.2, 0.25) is 0 Å². The van der Waals surface area contributed by atoms with Crippen molar-refractivity contribution < 1.29 is 0 Å². The van der Waals surface area contributed by atoms with Crippen molar-refractivity contribution in [1.29, 1.82) is 0 Å². The summed E-state index contributed by atoms with van der Waals surface area (Å²) in [5.41, 5.74) is 0.902. The van der Waals surface area contributed by atoms with Crippen LogP contribution in [0.1, 0.15) is 5.82 Å². The lowest BCUT2D eigenvalue weighted by molar-refractivity contribution is 0.816. The Kier molecular flexibility index (Phi) is 2.49. The highest BCUT2D eigenvalue weighted by Crippen LogP contribution is 2.18. The van der Waals surface area contributed by atoms with E-state index in [0.717, 1.165) is 10.0 Å². The first-order valence-electron chi connectivity index (χ1n) is 4.05. The van der Waals surface area contributed by atoms with Gasteiger partial charge in [-0.25, -0.2) is 0 Å². The molecule has 14 heavy (non-hydrogen) atoms. The first-order chi connectivity index (χ1) is 6.75. The molecule has 1 aromatic carbocycles. The van der Waals surface area contributed by atoms with Gasteiger partial charge >= 0.3 is 0 Å². The standard InChI is InChI=1S/C9H7BrN4/c1-6-11-13-9(14-12-6)7-3-2-4-8(10)5-7/h2-5H,1H3. The van der Waals surface area contributed by atoms with Crippen LogP contribution < -0.4 is 0 Å². The van der Waals surface area contributed by atoms with Crippen LogP contribution in [0.15, 0.2) is 28.7 Å². The molecular weight excluding hydrogens is 244 g/mol. The second-order valence-corrected chi connectivity index (χ2v) is 3.70. The molecule has 0 fully saturated rings. The Hall–Kier alpha value is -1.36. The topological polar surface area (TPSA) is 51.6 Å². The van der Waals surface area contributed by atoms with Gasteiger partial charge in [-0.1, -0.05) is 28.1 Å². The number of rotatable bonds is 1. The van der Waals surface area contributed by atoms with Crippen molar-refractivity contribution in [2.24, 2.45) is 0 Å². The Morgan fingerprint density at radius 2 is 1.79 bits per heavy atom. The third kappa shape index (κ3) is 1.93. The predicted molar refractivity (Wildman–Crippen MR) is 55.5 cm³/mol. The van der Waals surface area contributed by atoms with E-state index < -0.39 is 0 Å². The molecule has 0 spiro atoms. The predicted octanol–water partition coefficient (Wildman–Crippen LogP) is 2.00. The summed E-state index contributed by atoms with van der Waals surface area (Å²) in [6.07, 6.45) is 0. The maximum absolute atomic E-state index is 3.95. The fraction of sp³-hybridized carbons (Fsp3) is 0.111. The molecule has 0 saturated carbocycles. The van der Waals surface area contributed by atoms with Crippen molar-refractivity contribution in [2.45, 2.75) is 6.92 Å². The quantitative estimate of drug-likeness (QED) is 0.777. The minimum atomic E-state index is 0.539. The summed E-state index contributed by atoms with van der Waals surface area (Å²) in [4.78, 5) is 0. The molecule has 0 aliphatic carbocycles. The lowest BCUT2D eigenvalue weighted by Crippen LogP contribution is -1.98. The van der Waals surface area contributed by atoms with Crippen molar-refractivity contribution in [2.75, 3.05) is 0 Å². The Morgan fingerprint density at radius 1 is 1.07 bits per heavy atom. The molecule has 4 nitrogen and oxygen atoms in total. The molecule has 0 radical (unpaired) electrons. The summed E-state index contributed by atoms with van der Waals surface area (Å²) >= 11 is 3.38. The number of hydrogen-bond donors (Lipinski definition) is 0. The van der Waals surface area contributed by atoms with Gasteiger partial charge in [-0.3, -0.25) is 0 Å². The molecule has 70 valence electrons. The maximum Gasteiger partial charge on any atom is 0.203 e. The van der Waals surface area contributed by atoms with Crippen molar-refractivity contribution in [3.05, 3.63) is 34.6 Å². The average molecular weight is 251 g/mol. The molecule has 0 bridgehead atoms. The van der Waals surface area contributed by atoms with Crippen LogP contribution in [0.4, 0.5) is 0 Å². The van der Waals surface area contributed by atoms with E-state index in [1.807, 2.05) is 24.3 Å². The van der Waals surface area contributed by atoms with Gasteiger partial charge in [0.1, 0.15) is 0 Å². The molecule has 0 aliphatic rings. The SMILES string of the molecule is Cc1nnc(-c2cccc(Br)c2)nn1. The minimum Gasteiger partial charge on any atom is -0.131 e. The molecule has 0 aliphatic heterocycles. The summed E-state index contributed by atoms with van der Waals surface area (Å²) in [5, 5.41) is 15.6.